The lowest BCUT2D eigenvalue weighted by Crippen LogP contribution is -2.21. The van der Waals surface area contributed by atoms with Crippen molar-refractivity contribution >= 4 is 0 Å². The van der Waals surface area contributed by atoms with Crippen LogP contribution in [0.5, 0.6) is 0 Å². The lowest BCUT2D eigenvalue weighted by atomic mass is 9.97. The van der Waals surface area contributed by atoms with Gasteiger partial charge in [0.15, 0.2) is 6.33 Å². The summed E-state index contributed by atoms with van der Waals surface area (Å²) in [6, 6.07) is 7.94. The van der Waals surface area contributed by atoms with E-state index in [9.17, 15) is 0 Å². The molecule has 0 saturated carbocycles. The second-order valence-electron chi connectivity index (χ2n) is 4.39. The highest BCUT2D eigenvalue weighted by molar-refractivity contribution is 5.54. The maximum Gasteiger partial charge on any atom is 0.203 e. The number of ether oxygens (including phenoxy) is 1. The Balaban J connectivity index is 2.26. The molecule has 18 heavy (non-hydrogen) atoms. The quantitative estimate of drug-likeness (QED) is 0.825. The van der Waals surface area contributed by atoms with Gasteiger partial charge in [-0.3, -0.25) is 0 Å². The molecular formula is C13H16N4O. The summed E-state index contributed by atoms with van der Waals surface area (Å²) in [4.78, 5) is 0. The summed E-state index contributed by atoms with van der Waals surface area (Å²) in [7, 11) is 0. The van der Waals surface area contributed by atoms with Crippen molar-refractivity contribution in [3.8, 4) is 11.4 Å². The maximum absolute atomic E-state index is 5.71. The Labute approximate surface area is 106 Å². The van der Waals surface area contributed by atoms with Gasteiger partial charge in [0.05, 0.1) is 5.60 Å². The van der Waals surface area contributed by atoms with Crippen LogP contribution in [0.2, 0.25) is 0 Å². The third kappa shape index (κ3) is 2.68. The minimum atomic E-state index is -0.290. The zero-order valence-corrected chi connectivity index (χ0v) is 10.8. The summed E-state index contributed by atoms with van der Waals surface area (Å²) in [5, 5.41) is 15.3. The molecule has 0 unspecified atom stereocenters. The third-order valence-corrected chi connectivity index (χ3v) is 2.75. The highest BCUT2D eigenvalue weighted by Gasteiger charge is 2.20. The minimum absolute atomic E-state index is 0.290. The zero-order chi connectivity index (χ0) is 13.0. The summed E-state index contributed by atoms with van der Waals surface area (Å²) in [5.74, 6) is 0.526. The molecule has 0 amide bonds. The Morgan fingerprint density at radius 1 is 1.06 bits per heavy atom. The average Bonchev–Trinajstić information content (AvgIpc) is 2.40. The molecule has 5 nitrogen and oxygen atoms in total. The van der Waals surface area contributed by atoms with Crippen LogP contribution >= 0.6 is 0 Å². The molecule has 94 valence electrons. The third-order valence-electron chi connectivity index (χ3n) is 2.75. The number of hydrogen-bond acceptors (Lipinski definition) is 5. The number of hydrogen-bond donors (Lipinski definition) is 0. The van der Waals surface area contributed by atoms with Gasteiger partial charge in [-0.15, -0.1) is 20.4 Å². The first kappa shape index (κ1) is 12.6. The van der Waals surface area contributed by atoms with Crippen molar-refractivity contribution < 1.29 is 4.74 Å². The number of benzene rings is 1. The Kier molecular flexibility index (Phi) is 3.62. The summed E-state index contributed by atoms with van der Waals surface area (Å²) in [5.41, 5.74) is 1.72. The van der Waals surface area contributed by atoms with E-state index < -0.39 is 0 Å². The SMILES string of the molecule is CCOC(C)(C)c1ccc(-c2nncnn2)cc1. The monoisotopic (exact) mass is 244 g/mol. The molecule has 1 aromatic heterocycles. The second kappa shape index (κ2) is 5.18. The highest BCUT2D eigenvalue weighted by Crippen LogP contribution is 2.26. The van der Waals surface area contributed by atoms with Crippen LogP contribution in [0.4, 0.5) is 0 Å². The molecule has 0 N–H and O–H groups in total. The van der Waals surface area contributed by atoms with Crippen LogP contribution in [0.15, 0.2) is 30.6 Å². The van der Waals surface area contributed by atoms with Crippen LogP contribution in [0.3, 0.4) is 0 Å². The van der Waals surface area contributed by atoms with Crippen LogP contribution in [0, 0.1) is 0 Å². The normalized spacial score (nSPS) is 11.5. The van der Waals surface area contributed by atoms with E-state index >= 15 is 0 Å². The predicted molar refractivity (Wildman–Crippen MR) is 67.7 cm³/mol. The van der Waals surface area contributed by atoms with Crippen molar-refractivity contribution in [3.63, 3.8) is 0 Å². The predicted octanol–water partition coefficient (Wildman–Crippen LogP) is 2.21. The molecule has 1 aromatic carbocycles. The highest BCUT2D eigenvalue weighted by atomic mass is 16.5. The van der Waals surface area contributed by atoms with Gasteiger partial charge in [0, 0.05) is 12.2 Å². The first-order valence-electron chi connectivity index (χ1n) is 5.88. The molecular weight excluding hydrogens is 228 g/mol. The van der Waals surface area contributed by atoms with Gasteiger partial charge in [-0.25, -0.2) is 0 Å². The molecule has 0 saturated heterocycles. The molecule has 0 aliphatic heterocycles. The lowest BCUT2D eigenvalue weighted by Gasteiger charge is -2.25. The largest absolute Gasteiger partial charge is 0.371 e. The first-order valence-corrected chi connectivity index (χ1v) is 5.88. The van der Waals surface area contributed by atoms with Gasteiger partial charge in [0.2, 0.25) is 5.82 Å². The molecule has 0 bridgehead atoms. The molecule has 0 radical (unpaired) electrons. The average molecular weight is 244 g/mol. The van der Waals surface area contributed by atoms with Crippen LogP contribution in [0.25, 0.3) is 11.4 Å². The molecule has 1 heterocycles. The van der Waals surface area contributed by atoms with Crippen molar-refractivity contribution in [2.24, 2.45) is 0 Å². The number of nitrogens with zero attached hydrogens (tertiary/aromatic N) is 4. The van der Waals surface area contributed by atoms with Crippen LogP contribution in [-0.2, 0) is 10.3 Å². The second-order valence-corrected chi connectivity index (χ2v) is 4.39. The van der Waals surface area contributed by atoms with Crippen molar-refractivity contribution in [1.29, 1.82) is 0 Å². The van der Waals surface area contributed by atoms with Crippen molar-refractivity contribution in [1.82, 2.24) is 20.4 Å². The van der Waals surface area contributed by atoms with Crippen molar-refractivity contribution in [2.75, 3.05) is 6.61 Å². The molecule has 0 aliphatic rings. The van der Waals surface area contributed by atoms with Gasteiger partial charge in [-0.2, -0.15) is 0 Å². The Morgan fingerprint density at radius 2 is 1.67 bits per heavy atom. The summed E-state index contributed by atoms with van der Waals surface area (Å²) in [6.07, 6.45) is 1.32. The summed E-state index contributed by atoms with van der Waals surface area (Å²) < 4.78 is 5.71. The van der Waals surface area contributed by atoms with Crippen LogP contribution in [0.1, 0.15) is 26.3 Å². The fraction of sp³-hybridized carbons (Fsp3) is 0.385. The van der Waals surface area contributed by atoms with Gasteiger partial charge in [0.25, 0.3) is 0 Å². The fourth-order valence-electron chi connectivity index (χ4n) is 1.78. The summed E-state index contributed by atoms with van der Waals surface area (Å²) in [6.45, 7) is 6.77. The minimum Gasteiger partial charge on any atom is -0.371 e. The van der Waals surface area contributed by atoms with Gasteiger partial charge < -0.3 is 4.74 Å². The lowest BCUT2D eigenvalue weighted by molar-refractivity contribution is -0.0140. The van der Waals surface area contributed by atoms with E-state index in [-0.39, 0.29) is 5.60 Å². The van der Waals surface area contributed by atoms with E-state index in [0.717, 1.165) is 11.1 Å². The van der Waals surface area contributed by atoms with E-state index in [4.69, 9.17) is 4.74 Å². The Morgan fingerprint density at radius 3 is 2.22 bits per heavy atom. The zero-order valence-electron chi connectivity index (χ0n) is 10.8. The fourth-order valence-corrected chi connectivity index (χ4v) is 1.78. The molecule has 0 spiro atoms. The maximum atomic E-state index is 5.71. The molecule has 0 fully saturated rings. The van der Waals surface area contributed by atoms with E-state index in [0.29, 0.717) is 12.4 Å². The molecule has 0 aliphatic carbocycles. The van der Waals surface area contributed by atoms with E-state index in [2.05, 4.69) is 20.4 Å². The van der Waals surface area contributed by atoms with Gasteiger partial charge in [-0.05, 0) is 26.3 Å². The van der Waals surface area contributed by atoms with Crippen LogP contribution in [-0.4, -0.2) is 27.0 Å². The van der Waals surface area contributed by atoms with Crippen molar-refractivity contribution in [3.05, 3.63) is 36.2 Å². The van der Waals surface area contributed by atoms with Crippen LogP contribution < -0.4 is 0 Å². The topological polar surface area (TPSA) is 60.8 Å². The van der Waals surface area contributed by atoms with Gasteiger partial charge in [-0.1, -0.05) is 24.3 Å². The summed E-state index contributed by atoms with van der Waals surface area (Å²) >= 11 is 0. The van der Waals surface area contributed by atoms with Crippen molar-refractivity contribution in [2.45, 2.75) is 26.4 Å². The van der Waals surface area contributed by atoms with Gasteiger partial charge in [0.1, 0.15) is 0 Å². The Bertz CT molecular complexity index is 496. The molecule has 5 heteroatoms. The van der Waals surface area contributed by atoms with E-state index in [1.165, 1.54) is 6.33 Å². The molecule has 2 aromatic rings. The van der Waals surface area contributed by atoms with E-state index in [1.54, 1.807) is 0 Å². The smallest absolute Gasteiger partial charge is 0.203 e. The first-order chi connectivity index (χ1) is 8.63. The Hall–Kier alpha value is -1.88. The number of aromatic nitrogens is 4. The molecule has 2 rings (SSSR count). The van der Waals surface area contributed by atoms with Gasteiger partial charge >= 0.3 is 0 Å². The number of rotatable bonds is 4. The van der Waals surface area contributed by atoms with E-state index in [1.807, 2.05) is 45.0 Å². The molecule has 0 atom stereocenters. The standard InChI is InChI=1S/C13H16N4O/c1-4-18-13(2,3)11-7-5-10(6-8-11)12-16-14-9-15-17-12/h5-9H,4H2,1-3H3.